The van der Waals surface area contributed by atoms with E-state index < -0.39 is 0 Å². The third kappa shape index (κ3) is 4.29. The molecule has 2 heterocycles. The van der Waals surface area contributed by atoms with E-state index in [1.54, 1.807) is 0 Å². The third-order valence-electron chi connectivity index (χ3n) is 4.09. The molecule has 0 spiro atoms. The molecule has 1 aromatic rings. The first-order valence-corrected chi connectivity index (χ1v) is 7.54. The van der Waals surface area contributed by atoms with Gasteiger partial charge in [0.05, 0.1) is 0 Å². The second kappa shape index (κ2) is 7.01. The van der Waals surface area contributed by atoms with Gasteiger partial charge in [-0.2, -0.15) is 0 Å². The van der Waals surface area contributed by atoms with E-state index >= 15 is 0 Å². The highest BCUT2D eigenvalue weighted by Gasteiger charge is 2.24. The van der Waals surface area contributed by atoms with Crippen LogP contribution in [0.25, 0.3) is 0 Å². The summed E-state index contributed by atoms with van der Waals surface area (Å²) in [5.41, 5.74) is 1.36. The first-order valence-electron chi connectivity index (χ1n) is 7.54. The highest BCUT2D eigenvalue weighted by Crippen LogP contribution is 2.13. The highest BCUT2D eigenvalue weighted by atomic mass is 15.3. The molecule has 1 atom stereocenters. The SMILES string of the molecule is CC(C)N1CCN(CCCc2cccnc2)CC1C. The molecule has 0 N–H and O–H groups in total. The van der Waals surface area contributed by atoms with Crippen molar-refractivity contribution >= 4 is 0 Å². The maximum absolute atomic E-state index is 4.17. The summed E-state index contributed by atoms with van der Waals surface area (Å²) in [6, 6.07) is 5.56. The minimum atomic E-state index is 0.674. The molecule has 106 valence electrons. The van der Waals surface area contributed by atoms with Crippen molar-refractivity contribution in [1.82, 2.24) is 14.8 Å². The van der Waals surface area contributed by atoms with E-state index in [0.29, 0.717) is 12.1 Å². The highest BCUT2D eigenvalue weighted by molar-refractivity contribution is 5.08. The molecule has 1 aliphatic rings. The topological polar surface area (TPSA) is 19.4 Å². The molecule has 3 nitrogen and oxygen atoms in total. The number of hydrogen-bond acceptors (Lipinski definition) is 3. The van der Waals surface area contributed by atoms with Crippen molar-refractivity contribution in [3.63, 3.8) is 0 Å². The van der Waals surface area contributed by atoms with Crippen LogP contribution in [0.4, 0.5) is 0 Å². The summed E-state index contributed by atoms with van der Waals surface area (Å²) in [4.78, 5) is 9.39. The first kappa shape index (κ1) is 14.5. The summed E-state index contributed by atoms with van der Waals surface area (Å²) < 4.78 is 0. The molecule has 1 aliphatic heterocycles. The number of rotatable bonds is 5. The van der Waals surface area contributed by atoms with Gasteiger partial charge in [-0.3, -0.25) is 9.88 Å². The maximum Gasteiger partial charge on any atom is 0.0299 e. The van der Waals surface area contributed by atoms with Gasteiger partial charge in [0.1, 0.15) is 0 Å². The average molecular weight is 261 g/mol. The average Bonchev–Trinajstić information content (AvgIpc) is 2.39. The second-order valence-corrected chi connectivity index (χ2v) is 5.95. The van der Waals surface area contributed by atoms with Crippen LogP contribution < -0.4 is 0 Å². The quantitative estimate of drug-likeness (QED) is 0.811. The standard InChI is InChI=1S/C16H27N3/c1-14(2)19-11-10-18(13-15(19)3)9-5-7-16-6-4-8-17-12-16/h4,6,8,12,14-15H,5,7,9-11,13H2,1-3H3. The fourth-order valence-electron chi connectivity index (χ4n) is 3.07. The van der Waals surface area contributed by atoms with Crippen LogP contribution in [0.3, 0.4) is 0 Å². The molecule has 0 amide bonds. The Morgan fingerprint density at radius 2 is 2.21 bits per heavy atom. The zero-order chi connectivity index (χ0) is 13.7. The third-order valence-corrected chi connectivity index (χ3v) is 4.09. The van der Waals surface area contributed by atoms with Gasteiger partial charge in [0.15, 0.2) is 0 Å². The normalized spacial score (nSPS) is 22.0. The Kier molecular flexibility index (Phi) is 5.34. The number of piperazine rings is 1. The molecule has 0 radical (unpaired) electrons. The van der Waals surface area contributed by atoms with Crippen LogP contribution >= 0.6 is 0 Å². The van der Waals surface area contributed by atoms with E-state index in [-0.39, 0.29) is 0 Å². The summed E-state index contributed by atoms with van der Waals surface area (Å²) in [5.74, 6) is 0. The lowest BCUT2D eigenvalue weighted by Gasteiger charge is -2.42. The van der Waals surface area contributed by atoms with Gasteiger partial charge in [-0.05, 0) is 51.8 Å². The molecular weight excluding hydrogens is 234 g/mol. The van der Waals surface area contributed by atoms with Crippen molar-refractivity contribution in [1.29, 1.82) is 0 Å². The largest absolute Gasteiger partial charge is 0.301 e. The molecule has 1 unspecified atom stereocenters. The van der Waals surface area contributed by atoms with Crippen molar-refractivity contribution in [2.45, 2.75) is 45.7 Å². The van der Waals surface area contributed by atoms with E-state index in [2.05, 4.69) is 41.6 Å². The Bertz CT molecular complexity index is 364. The van der Waals surface area contributed by atoms with E-state index in [0.717, 1.165) is 6.42 Å². The van der Waals surface area contributed by atoms with Crippen molar-refractivity contribution in [2.75, 3.05) is 26.2 Å². The predicted octanol–water partition coefficient (Wildman–Crippen LogP) is 2.43. The van der Waals surface area contributed by atoms with Crippen molar-refractivity contribution in [2.24, 2.45) is 0 Å². The summed E-state index contributed by atoms with van der Waals surface area (Å²) in [7, 11) is 0. The lowest BCUT2D eigenvalue weighted by molar-refractivity contribution is 0.0599. The maximum atomic E-state index is 4.17. The Morgan fingerprint density at radius 3 is 2.84 bits per heavy atom. The molecule has 19 heavy (non-hydrogen) atoms. The lowest BCUT2D eigenvalue weighted by atomic mass is 10.1. The second-order valence-electron chi connectivity index (χ2n) is 5.95. The van der Waals surface area contributed by atoms with E-state index in [1.807, 2.05) is 18.5 Å². The first-order chi connectivity index (χ1) is 9.16. The summed E-state index contributed by atoms with van der Waals surface area (Å²) in [6.45, 7) is 11.8. The molecule has 0 aromatic carbocycles. The van der Waals surface area contributed by atoms with Gasteiger partial charge in [-0.15, -0.1) is 0 Å². The number of nitrogens with zero attached hydrogens (tertiary/aromatic N) is 3. The van der Waals surface area contributed by atoms with Crippen LogP contribution in [-0.2, 0) is 6.42 Å². The van der Waals surface area contributed by atoms with Crippen molar-refractivity contribution in [3.05, 3.63) is 30.1 Å². The van der Waals surface area contributed by atoms with Gasteiger partial charge in [0, 0.05) is 44.1 Å². The van der Waals surface area contributed by atoms with Gasteiger partial charge in [-0.1, -0.05) is 6.07 Å². The minimum Gasteiger partial charge on any atom is -0.301 e. The smallest absolute Gasteiger partial charge is 0.0299 e. The van der Waals surface area contributed by atoms with E-state index in [9.17, 15) is 0 Å². The lowest BCUT2D eigenvalue weighted by Crippen LogP contribution is -2.54. The fraction of sp³-hybridized carbons (Fsp3) is 0.688. The summed E-state index contributed by atoms with van der Waals surface area (Å²) >= 11 is 0. The Morgan fingerprint density at radius 1 is 1.37 bits per heavy atom. The van der Waals surface area contributed by atoms with Crippen molar-refractivity contribution in [3.8, 4) is 0 Å². The number of aryl methyl sites for hydroxylation is 1. The number of aromatic nitrogens is 1. The summed E-state index contributed by atoms with van der Waals surface area (Å²) in [5, 5.41) is 0. The summed E-state index contributed by atoms with van der Waals surface area (Å²) in [6.07, 6.45) is 6.21. The zero-order valence-corrected chi connectivity index (χ0v) is 12.5. The monoisotopic (exact) mass is 261 g/mol. The molecule has 3 heteroatoms. The van der Waals surface area contributed by atoms with E-state index in [4.69, 9.17) is 0 Å². The Balaban J connectivity index is 1.70. The number of hydrogen-bond donors (Lipinski definition) is 0. The van der Waals surface area contributed by atoms with Gasteiger partial charge in [0.25, 0.3) is 0 Å². The number of pyridine rings is 1. The van der Waals surface area contributed by atoms with E-state index in [1.165, 1.54) is 38.2 Å². The molecule has 0 bridgehead atoms. The molecule has 1 fully saturated rings. The van der Waals surface area contributed by atoms with Crippen LogP contribution in [0.1, 0.15) is 32.8 Å². The van der Waals surface area contributed by atoms with Crippen LogP contribution in [0.2, 0.25) is 0 Å². The minimum absolute atomic E-state index is 0.674. The van der Waals surface area contributed by atoms with Crippen LogP contribution in [0.15, 0.2) is 24.5 Å². The van der Waals surface area contributed by atoms with Crippen molar-refractivity contribution < 1.29 is 0 Å². The van der Waals surface area contributed by atoms with Gasteiger partial charge in [-0.25, -0.2) is 0 Å². The van der Waals surface area contributed by atoms with Crippen LogP contribution in [0.5, 0.6) is 0 Å². The van der Waals surface area contributed by atoms with Crippen LogP contribution in [0, 0.1) is 0 Å². The fourth-order valence-corrected chi connectivity index (χ4v) is 3.07. The zero-order valence-electron chi connectivity index (χ0n) is 12.5. The molecule has 1 aromatic heterocycles. The molecular formula is C16H27N3. The van der Waals surface area contributed by atoms with Gasteiger partial charge in [0.2, 0.25) is 0 Å². The Labute approximate surface area is 117 Å². The van der Waals surface area contributed by atoms with Gasteiger partial charge >= 0.3 is 0 Å². The van der Waals surface area contributed by atoms with Crippen LogP contribution in [-0.4, -0.2) is 53.0 Å². The Hall–Kier alpha value is -0.930. The molecule has 0 saturated carbocycles. The van der Waals surface area contributed by atoms with Gasteiger partial charge < -0.3 is 4.90 Å². The molecule has 0 aliphatic carbocycles. The molecule has 2 rings (SSSR count). The molecule has 1 saturated heterocycles. The predicted molar refractivity (Wildman–Crippen MR) is 80.3 cm³/mol.